The molecule has 0 spiro atoms. The zero-order valence-electron chi connectivity index (χ0n) is 16.0. The van der Waals surface area contributed by atoms with Gasteiger partial charge in [-0.25, -0.2) is 15.0 Å². The Morgan fingerprint density at radius 2 is 1.93 bits per heavy atom. The molecule has 0 bridgehead atoms. The van der Waals surface area contributed by atoms with E-state index in [2.05, 4.69) is 30.1 Å². The van der Waals surface area contributed by atoms with Gasteiger partial charge in [-0.05, 0) is 38.7 Å². The molecule has 2 aromatic heterocycles. The van der Waals surface area contributed by atoms with Crippen molar-refractivity contribution < 1.29 is 4.79 Å². The van der Waals surface area contributed by atoms with Crippen LogP contribution >= 0.6 is 0 Å². The quantitative estimate of drug-likeness (QED) is 0.820. The van der Waals surface area contributed by atoms with Crippen molar-refractivity contribution in [1.29, 1.82) is 0 Å². The summed E-state index contributed by atoms with van der Waals surface area (Å²) in [5.74, 6) is 1.54. The molecule has 3 rings (SSSR count). The van der Waals surface area contributed by atoms with Crippen LogP contribution in [0.2, 0.25) is 0 Å². The lowest BCUT2D eigenvalue weighted by molar-refractivity contribution is 0.0766. The molecule has 8 nitrogen and oxygen atoms in total. The standard InChI is InChI=1S/C19H27N7O/c1-24(2)12-9-20-17-6-5-16(15-23-17)18(27)25-10-4-11-26(14-13-25)19-21-7-3-8-22-19/h3,5-8,15H,4,9-14H2,1-2H3,(H,20,23). The summed E-state index contributed by atoms with van der Waals surface area (Å²) in [5, 5.41) is 3.26. The summed E-state index contributed by atoms with van der Waals surface area (Å²) in [6, 6.07) is 5.52. The topological polar surface area (TPSA) is 77.5 Å². The smallest absolute Gasteiger partial charge is 0.255 e. The van der Waals surface area contributed by atoms with Gasteiger partial charge in [-0.15, -0.1) is 0 Å². The van der Waals surface area contributed by atoms with Gasteiger partial charge in [0.05, 0.1) is 5.56 Å². The maximum atomic E-state index is 12.8. The molecule has 2 aromatic rings. The van der Waals surface area contributed by atoms with Crippen LogP contribution < -0.4 is 10.2 Å². The lowest BCUT2D eigenvalue weighted by Gasteiger charge is -2.22. The number of likely N-dealkylation sites (N-methyl/N-ethyl adjacent to an activating group) is 1. The van der Waals surface area contributed by atoms with Crippen molar-refractivity contribution in [3.8, 4) is 0 Å². The summed E-state index contributed by atoms with van der Waals surface area (Å²) in [6.45, 7) is 4.70. The Morgan fingerprint density at radius 3 is 2.63 bits per heavy atom. The number of anilines is 2. The molecule has 0 saturated carbocycles. The highest BCUT2D eigenvalue weighted by molar-refractivity contribution is 5.94. The summed E-state index contributed by atoms with van der Waals surface area (Å²) in [6.07, 6.45) is 6.04. The third kappa shape index (κ3) is 5.37. The molecule has 1 fully saturated rings. The van der Waals surface area contributed by atoms with Crippen LogP contribution in [0.25, 0.3) is 0 Å². The molecule has 144 valence electrons. The maximum absolute atomic E-state index is 12.8. The number of hydrogen-bond acceptors (Lipinski definition) is 7. The number of carbonyl (C=O) groups excluding carboxylic acids is 1. The third-order valence-electron chi connectivity index (χ3n) is 4.49. The lowest BCUT2D eigenvalue weighted by Crippen LogP contribution is -2.35. The average molecular weight is 369 g/mol. The number of aromatic nitrogens is 3. The summed E-state index contributed by atoms with van der Waals surface area (Å²) < 4.78 is 0. The fourth-order valence-electron chi connectivity index (χ4n) is 2.99. The van der Waals surface area contributed by atoms with Gasteiger partial charge in [0.2, 0.25) is 5.95 Å². The van der Waals surface area contributed by atoms with Gasteiger partial charge in [0.15, 0.2) is 0 Å². The highest BCUT2D eigenvalue weighted by Gasteiger charge is 2.21. The minimum atomic E-state index is 0.0261. The molecule has 0 aliphatic carbocycles. The summed E-state index contributed by atoms with van der Waals surface area (Å²) in [7, 11) is 4.06. The average Bonchev–Trinajstić information content (AvgIpc) is 2.95. The second kappa shape index (κ2) is 9.27. The van der Waals surface area contributed by atoms with Gasteiger partial charge < -0.3 is 20.0 Å². The SMILES string of the molecule is CN(C)CCNc1ccc(C(=O)N2CCCN(c3ncccn3)CC2)cn1. The van der Waals surface area contributed by atoms with Crippen LogP contribution in [-0.2, 0) is 0 Å². The van der Waals surface area contributed by atoms with Crippen LogP contribution in [0.4, 0.5) is 11.8 Å². The van der Waals surface area contributed by atoms with E-state index in [1.165, 1.54) is 0 Å². The van der Waals surface area contributed by atoms with Crippen LogP contribution in [-0.4, -0.2) is 84.0 Å². The molecule has 1 amide bonds. The molecule has 0 aromatic carbocycles. The van der Waals surface area contributed by atoms with Crippen molar-refractivity contribution in [2.75, 3.05) is 63.6 Å². The molecule has 1 aliphatic heterocycles. The first kappa shape index (κ1) is 19.0. The fourth-order valence-corrected chi connectivity index (χ4v) is 2.99. The maximum Gasteiger partial charge on any atom is 0.255 e. The second-order valence-electron chi connectivity index (χ2n) is 6.84. The second-order valence-corrected chi connectivity index (χ2v) is 6.84. The molecule has 0 unspecified atom stereocenters. The van der Waals surface area contributed by atoms with Gasteiger partial charge in [-0.3, -0.25) is 4.79 Å². The number of nitrogens with zero attached hydrogens (tertiary/aromatic N) is 6. The predicted octanol–water partition coefficient (Wildman–Crippen LogP) is 1.20. The molecule has 1 saturated heterocycles. The predicted molar refractivity (Wildman–Crippen MR) is 106 cm³/mol. The molecule has 8 heteroatoms. The number of rotatable bonds is 6. The van der Waals surface area contributed by atoms with E-state index in [0.717, 1.165) is 50.9 Å². The molecule has 27 heavy (non-hydrogen) atoms. The number of nitrogens with one attached hydrogen (secondary N) is 1. The van der Waals surface area contributed by atoms with Gasteiger partial charge >= 0.3 is 0 Å². The lowest BCUT2D eigenvalue weighted by atomic mass is 10.2. The molecule has 0 radical (unpaired) electrons. The Balaban J connectivity index is 1.56. The third-order valence-corrected chi connectivity index (χ3v) is 4.49. The van der Waals surface area contributed by atoms with Crippen molar-refractivity contribution in [2.24, 2.45) is 0 Å². The van der Waals surface area contributed by atoms with Crippen molar-refractivity contribution in [2.45, 2.75) is 6.42 Å². The van der Waals surface area contributed by atoms with Crippen molar-refractivity contribution in [1.82, 2.24) is 24.8 Å². The Morgan fingerprint density at radius 1 is 1.11 bits per heavy atom. The van der Waals surface area contributed by atoms with Gasteiger partial charge in [-0.2, -0.15) is 0 Å². The first-order valence-corrected chi connectivity index (χ1v) is 9.29. The van der Waals surface area contributed by atoms with Crippen LogP contribution in [0, 0.1) is 0 Å². The van der Waals surface area contributed by atoms with Crippen molar-refractivity contribution in [3.05, 3.63) is 42.4 Å². The minimum Gasteiger partial charge on any atom is -0.369 e. The largest absolute Gasteiger partial charge is 0.369 e. The first-order chi connectivity index (χ1) is 13.1. The zero-order chi connectivity index (χ0) is 19.1. The Hall–Kier alpha value is -2.74. The van der Waals surface area contributed by atoms with E-state index in [1.54, 1.807) is 18.6 Å². The van der Waals surface area contributed by atoms with Crippen LogP contribution in [0.15, 0.2) is 36.8 Å². The van der Waals surface area contributed by atoms with Crippen molar-refractivity contribution in [3.63, 3.8) is 0 Å². The first-order valence-electron chi connectivity index (χ1n) is 9.29. The highest BCUT2D eigenvalue weighted by Crippen LogP contribution is 2.13. The van der Waals surface area contributed by atoms with E-state index in [9.17, 15) is 4.79 Å². The summed E-state index contributed by atoms with van der Waals surface area (Å²) in [5.41, 5.74) is 0.623. The molecule has 1 aliphatic rings. The number of carbonyl (C=O) groups is 1. The summed E-state index contributed by atoms with van der Waals surface area (Å²) >= 11 is 0. The molecule has 3 heterocycles. The van der Waals surface area contributed by atoms with E-state index in [4.69, 9.17) is 0 Å². The fraction of sp³-hybridized carbons (Fsp3) is 0.474. The Bertz CT molecular complexity index is 721. The molecular formula is C19H27N7O. The van der Waals surface area contributed by atoms with E-state index < -0.39 is 0 Å². The minimum absolute atomic E-state index is 0.0261. The molecular weight excluding hydrogens is 342 g/mol. The van der Waals surface area contributed by atoms with Gasteiger partial charge in [-0.1, -0.05) is 0 Å². The number of hydrogen-bond donors (Lipinski definition) is 1. The Labute approximate surface area is 160 Å². The van der Waals surface area contributed by atoms with Crippen LogP contribution in [0.1, 0.15) is 16.8 Å². The zero-order valence-corrected chi connectivity index (χ0v) is 16.0. The molecule has 0 atom stereocenters. The summed E-state index contributed by atoms with van der Waals surface area (Å²) in [4.78, 5) is 31.9. The van der Waals surface area contributed by atoms with E-state index in [1.807, 2.05) is 37.2 Å². The van der Waals surface area contributed by atoms with Crippen molar-refractivity contribution >= 4 is 17.7 Å². The molecule has 1 N–H and O–H groups in total. The highest BCUT2D eigenvalue weighted by atomic mass is 16.2. The normalized spacial score (nSPS) is 14.9. The number of pyridine rings is 1. The van der Waals surface area contributed by atoms with Gasteiger partial charge in [0.1, 0.15) is 5.82 Å². The monoisotopic (exact) mass is 369 g/mol. The van der Waals surface area contributed by atoms with Crippen LogP contribution in [0.3, 0.4) is 0 Å². The van der Waals surface area contributed by atoms with E-state index in [0.29, 0.717) is 12.1 Å². The number of amides is 1. The van der Waals surface area contributed by atoms with E-state index in [-0.39, 0.29) is 5.91 Å². The Kier molecular flexibility index (Phi) is 6.54. The van der Waals surface area contributed by atoms with Gasteiger partial charge in [0, 0.05) is 57.9 Å². The van der Waals surface area contributed by atoms with Gasteiger partial charge in [0.25, 0.3) is 5.91 Å². The van der Waals surface area contributed by atoms with Crippen LogP contribution in [0.5, 0.6) is 0 Å². The van der Waals surface area contributed by atoms with E-state index >= 15 is 0 Å².